The largest absolute Gasteiger partial charge is 0.361 e. The van der Waals surface area contributed by atoms with E-state index < -0.39 is 0 Å². The molecule has 0 spiro atoms. The van der Waals surface area contributed by atoms with Crippen molar-refractivity contribution in [1.82, 2.24) is 20.2 Å². The van der Waals surface area contributed by atoms with Gasteiger partial charge in [0, 0.05) is 37.2 Å². The van der Waals surface area contributed by atoms with Crippen LogP contribution in [0.4, 0.5) is 11.8 Å². The lowest BCUT2D eigenvalue weighted by molar-refractivity contribution is 0.753. The second kappa shape index (κ2) is 7.77. The first-order valence-corrected chi connectivity index (χ1v) is 8.47. The lowest BCUT2D eigenvalue weighted by atomic mass is 10.1. The smallest absolute Gasteiger partial charge is 0.244 e. The third kappa shape index (κ3) is 3.82. The molecule has 1 aromatic carbocycles. The Hall–Kier alpha value is -2.63. The second-order valence-corrected chi connectivity index (χ2v) is 5.95. The summed E-state index contributed by atoms with van der Waals surface area (Å²) in [4.78, 5) is 9.96. The standard InChI is InChI=1S/C18H24N6/c1-3-4-11-24(2)17-13-21-23-18(22-17)19-10-9-14-12-20-16-8-6-5-7-15(14)16/h5-8,12-13,20H,3-4,9-11H2,1-2H3,(H,19,22,23). The summed E-state index contributed by atoms with van der Waals surface area (Å²) in [6.45, 7) is 3.93. The molecule has 0 atom stereocenters. The van der Waals surface area contributed by atoms with Crippen LogP contribution in [0.3, 0.4) is 0 Å². The van der Waals surface area contributed by atoms with Crippen molar-refractivity contribution in [3.63, 3.8) is 0 Å². The maximum atomic E-state index is 4.54. The van der Waals surface area contributed by atoms with Gasteiger partial charge in [0.05, 0.1) is 6.20 Å². The van der Waals surface area contributed by atoms with E-state index in [1.807, 2.05) is 13.1 Å². The number of nitrogens with zero attached hydrogens (tertiary/aromatic N) is 4. The average Bonchev–Trinajstić information content (AvgIpc) is 3.03. The first-order valence-electron chi connectivity index (χ1n) is 8.47. The van der Waals surface area contributed by atoms with Crippen LogP contribution in [-0.4, -0.2) is 40.3 Å². The summed E-state index contributed by atoms with van der Waals surface area (Å²) >= 11 is 0. The number of fused-ring (bicyclic) bond motifs is 1. The first-order chi connectivity index (χ1) is 11.8. The summed E-state index contributed by atoms with van der Waals surface area (Å²) in [6.07, 6.45) is 6.99. The zero-order valence-corrected chi connectivity index (χ0v) is 14.3. The number of hydrogen-bond donors (Lipinski definition) is 2. The molecule has 0 radical (unpaired) electrons. The monoisotopic (exact) mass is 324 g/mol. The van der Waals surface area contributed by atoms with Crippen molar-refractivity contribution in [2.24, 2.45) is 0 Å². The molecule has 2 aromatic heterocycles. The van der Waals surface area contributed by atoms with Crippen molar-refractivity contribution >= 4 is 22.7 Å². The molecule has 2 N–H and O–H groups in total. The van der Waals surface area contributed by atoms with Gasteiger partial charge in [-0.1, -0.05) is 31.5 Å². The predicted molar refractivity (Wildman–Crippen MR) is 98.5 cm³/mol. The maximum absolute atomic E-state index is 4.54. The van der Waals surface area contributed by atoms with E-state index in [-0.39, 0.29) is 0 Å². The third-order valence-corrected chi connectivity index (χ3v) is 4.14. The number of unbranched alkanes of at least 4 members (excludes halogenated alkanes) is 1. The number of benzene rings is 1. The van der Waals surface area contributed by atoms with Crippen LogP contribution in [0, 0.1) is 0 Å². The molecule has 0 aliphatic rings. The van der Waals surface area contributed by atoms with Gasteiger partial charge in [0.15, 0.2) is 5.82 Å². The minimum absolute atomic E-state index is 0.579. The summed E-state index contributed by atoms with van der Waals surface area (Å²) in [6, 6.07) is 8.34. The van der Waals surface area contributed by atoms with Crippen LogP contribution in [-0.2, 0) is 6.42 Å². The topological polar surface area (TPSA) is 69.7 Å². The molecule has 2 heterocycles. The zero-order valence-electron chi connectivity index (χ0n) is 14.3. The van der Waals surface area contributed by atoms with Gasteiger partial charge >= 0.3 is 0 Å². The SMILES string of the molecule is CCCCN(C)c1cnnc(NCCc2c[nH]c3ccccc23)n1. The fraction of sp³-hybridized carbons (Fsp3) is 0.389. The van der Waals surface area contributed by atoms with Crippen LogP contribution >= 0.6 is 0 Å². The van der Waals surface area contributed by atoms with Gasteiger partial charge in [0.25, 0.3) is 0 Å². The third-order valence-electron chi connectivity index (χ3n) is 4.14. The van der Waals surface area contributed by atoms with E-state index in [2.05, 4.69) is 61.7 Å². The summed E-state index contributed by atoms with van der Waals surface area (Å²) < 4.78 is 0. The molecular weight excluding hydrogens is 300 g/mol. The van der Waals surface area contributed by atoms with E-state index >= 15 is 0 Å². The molecule has 24 heavy (non-hydrogen) atoms. The average molecular weight is 324 g/mol. The van der Waals surface area contributed by atoms with Crippen molar-refractivity contribution in [2.75, 3.05) is 30.4 Å². The van der Waals surface area contributed by atoms with Crippen molar-refractivity contribution in [3.05, 3.63) is 42.2 Å². The van der Waals surface area contributed by atoms with E-state index in [4.69, 9.17) is 0 Å². The van der Waals surface area contributed by atoms with Gasteiger partial charge in [-0.25, -0.2) is 0 Å². The molecule has 0 fully saturated rings. The van der Waals surface area contributed by atoms with Crippen molar-refractivity contribution < 1.29 is 0 Å². The van der Waals surface area contributed by atoms with Crippen LogP contribution in [0.15, 0.2) is 36.7 Å². The molecule has 3 rings (SSSR count). The number of aromatic amines is 1. The van der Waals surface area contributed by atoms with Gasteiger partial charge in [-0.15, -0.1) is 5.10 Å². The number of hydrogen-bond acceptors (Lipinski definition) is 5. The van der Waals surface area contributed by atoms with Crippen molar-refractivity contribution in [3.8, 4) is 0 Å². The number of anilines is 2. The molecule has 0 amide bonds. The minimum atomic E-state index is 0.579. The predicted octanol–water partition coefficient (Wildman–Crippen LogP) is 3.24. The van der Waals surface area contributed by atoms with Gasteiger partial charge in [0.1, 0.15) is 0 Å². The molecule has 126 valence electrons. The number of rotatable bonds is 8. The van der Waals surface area contributed by atoms with Crippen LogP contribution in [0.25, 0.3) is 10.9 Å². The van der Waals surface area contributed by atoms with E-state index in [0.29, 0.717) is 5.95 Å². The zero-order chi connectivity index (χ0) is 16.8. The van der Waals surface area contributed by atoms with Crippen molar-refractivity contribution in [2.45, 2.75) is 26.2 Å². The molecule has 0 aliphatic heterocycles. The number of para-hydroxylation sites is 1. The van der Waals surface area contributed by atoms with E-state index in [0.717, 1.165) is 31.7 Å². The second-order valence-electron chi connectivity index (χ2n) is 5.95. The van der Waals surface area contributed by atoms with E-state index in [9.17, 15) is 0 Å². The lowest BCUT2D eigenvalue weighted by Crippen LogP contribution is -2.21. The number of aromatic nitrogens is 4. The Morgan fingerprint density at radius 2 is 2.12 bits per heavy atom. The summed E-state index contributed by atoms with van der Waals surface area (Å²) in [7, 11) is 2.04. The Balaban J connectivity index is 1.58. The van der Waals surface area contributed by atoms with Gasteiger partial charge in [-0.2, -0.15) is 10.1 Å². The molecule has 0 unspecified atom stereocenters. The Bertz CT molecular complexity index is 782. The molecule has 0 saturated heterocycles. The lowest BCUT2D eigenvalue weighted by Gasteiger charge is -2.17. The molecular formula is C18H24N6. The number of H-pyrrole nitrogens is 1. The Morgan fingerprint density at radius 3 is 3.00 bits per heavy atom. The first kappa shape index (κ1) is 16.2. The normalized spacial score (nSPS) is 10.9. The highest BCUT2D eigenvalue weighted by atomic mass is 15.3. The highest BCUT2D eigenvalue weighted by Crippen LogP contribution is 2.18. The molecule has 0 aliphatic carbocycles. The van der Waals surface area contributed by atoms with Crippen LogP contribution < -0.4 is 10.2 Å². The highest BCUT2D eigenvalue weighted by Gasteiger charge is 2.06. The summed E-state index contributed by atoms with van der Waals surface area (Å²) in [5, 5.41) is 12.7. The van der Waals surface area contributed by atoms with Gasteiger partial charge in [-0.3, -0.25) is 0 Å². The van der Waals surface area contributed by atoms with E-state index in [1.165, 1.54) is 22.9 Å². The van der Waals surface area contributed by atoms with Crippen LogP contribution in [0.1, 0.15) is 25.3 Å². The Morgan fingerprint density at radius 1 is 1.25 bits per heavy atom. The minimum Gasteiger partial charge on any atom is -0.361 e. The fourth-order valence-electron chi connectivity index (χ4n) is 2.71. The van der Waals surface area contributed by atoms with Gasteiger partial charge in [0.2, 0.25) is 5.95 Å². The molecule has 6 heteroatoms. The Kier molecular flexibility index (Phi) is 5.25. The van der Waals surface area contributed by atoms with Gasteiger partial charge < -0.3 is 15.2 Å². The maximum Gasteiger partial charge on any atom is 0.244 e. The van der Waals surface area contributed by atoms with Crippen molar-refractivity contribution in [1.29, 1.82) is 0 Å². The fourth-order valence-corrected chi connectivity index (χ4v) is 2.71. The highest BCUT2D eigenvalue weighted by molar-refractivity contribution is 5.83. The molecule has 0 saturated carbocycles. The van der Waals surface area contributed by atoms with Crippen LogP contribution in [0.2, 0.25) is 0 Å². The quantitative estimate of drug-likeness (QED) is 0.665. The molecule has 6 nitrogen and oxygen atoms in total. The van der Waals surface area contributed by atoms with E-state index in [1.54, 1.807) is 6.20 Å². The van der Waals surface area contributed by atoms with Gasteiger partial charge in [-0.05, 0) is 24.5 Å². The number of nitrogens with one attached hydrogen (secondary N) is 2. The molecule has 3 aromatic rings. The Labute approximate surface area is 142 Å². The van der Waals surface area contributed by atoms with Crippen LogP contribution in [0.5, 0.6) is 0 Å². The molecule has 0 bridgehead atoms. The summed E-state index contributed by atoms with van der Waals surface area (Å²) in [5.74, 6) is 1.43. The summed E-state index contributed by atoms with van der Waals surface area (Å²) in [5.41, 5.74) is 2.47.